The minimum atomic E-state index is -0.254. The third-order valence-corrected chi connectivity index (χ3v) is 4.90. The van der Waals surface area contributed by atoms with Crippen LogP contribution in [-0.4, -0.2) is 27.5 Å². The van der Waals surface area contributed by atoms with E-state index >= 15 is 0 Å². The van der Waals surface area contributed by atoms with Gasteiger partial charge in [0, 0.05) is 6.07 Å². The number of hydrogen-bond donors (Lipinski definition) is 1. The molecule has 3 heterocycles. The van der Waals surface area contributed by atoms with Gasteiger partial charge in [0.2, 0.25) is 11.7 Å². The van der Waals surface area contributed by atoms with Gasteiger partial charge in [-0.1, -0.05) is 35.0 Å². The van der Waals surface area contributed by atoms with Crippen LogP contribution in [0.15, 0.2) is 57.7 Å². The van der Waals surface area contributed by atoms with E-state index in [9.17, 15) is 4.79 Å². The molecule has 0 radical (unpaired) electrons. The second-order valence-corrected chi connectivity index (χ2v) is 7.39. The van der Waals surface area contributed by atoms with Crippen molar-refractivity contribution in [3.8, 4) is 11.5 Å². The van der Waals surface area contributed by atoms with Crippen LogP contribution in [0, 0.1) is 20.8 Å². The normalized spacial score (nSPS) is 11.1. The van der Waals surface area contributed by atoms with E-state index in [-0.39, 0.29) is 19.1 Å². The highest BCUT2D eigenvalue weighted by Gasteiger charge is 2.15. The highest BCUT2D eigenvalue weighted by Crippen LogP contribution is 2.22. The number of furan rings is 1. The SMILES string of the molecule is Cc1ccc(Cn2nc(C)c(NC(=O)COCc3cc(-c4ccco4)on3)c2C)cc1. The van der Waals surface area contributed by atoms with Gasteiger partial charge in [-0.15, -0.1) is 0 Å². The molecule has 31 heavy (non-hydrogen) atoms. The van der Waals surface area contributed by atoms with E-state index in [4.69, 9.17) is 13.7 Å². The molecule has 1 amide bonds. The lowest BCUT2D eigenvalue weighted by molar-refractivity contribution is -0.121. The average Bonchev–Trinajstić information content (AvgIpc) is 3.48. The first-order valence-corrected chi connectivity index (χ1v) is 9.96. The number of carbonyl (C=O) groups excluding carboxylic acids is 1. The molecule has 8 nitrogen and oxygen atoms in total. The molecule has 0 aliphatic heterocycles. The number of hydrogen-bond acceptors (Lipinski definition) is 6. The molecule has 160 valence electrons. The maximum absolute atomic E-state index is 12.4. The Morgan fingerprint density at radius 3 is 2.68 bits per heavy atom. The van der Waals surface area contributed by atoms with Gasteiger partial charge in [0.15, 0.2) is 5.76 Å². The highest BCUT2D eigenvalue weighted by molar-refractivity contribution is 5.92. The van der Waals surface area contributed by atoms with Crippen LogP contribution < -0.4 is 5.32 Å². The van der Waals surface area contributed by atoms with E-state index in [1.165, 1.54) is 5.56 Å². The van der Waals surface area contributed by atoms with Gasteiger partial charge < -0.3 is 19.0 Å². The van der Waals surface area contributed by atoms with Gasteiger partial charge in [0.05, 0.1) is 36.5 Å². The van der Waals surface area contributed by atoms with Crippen molar-refractivity contribution >= 4 is 11.6 Å². The van der Waals surface area contributed by atoms with Crippen molar-refractivity contribution in [1.29, 1.82) is 0 Å². The number of anilines is 1. The molecule has 4 aromatic rings. The summed E-state index contributed by atoms with van der Waals surface area (Å²) in [5, 5.41) is 11.4. The summed E-state index contributed by atoms with van der Waals surface area (Å²) in [6, 6.07) is 13.6. The molecule has 0 spiro atoms. The van der Waals surface area contributed by atoms with Crippen LogP contribution in [0.1, 0.15) is 28.2 Å². The summed E-state index contributed by atoms with van der Waals surface area (Å²) < 4.78 is 17.9. The molecule has 0 fully saturated rings. The molecule has 1 aromatic carbocycles. The van der Waals surface area contributed by atoms with Crippen LogP contribution in [0.3, 0.4) is 0 Å². The number of aryl methyl sites for hydroxylation is 2. The summed E-state index contributed by atoms with van der Waals surface area (Å²) in [5.41, 5.74) is 5.31. The largest absolute Gasteiger partial charge is 0.461 e. The molecule has 0 bridgehead atoms. The first-order chi connectivity index (χ1) is 15.0. The topological polar surface area (TPSA) is 95.3 Å². The number of nitrogens with one attached hydrogen (secondary N) is 1. The second-order valence-electron chi connectivity index (χ2n) is 7.39. The summed E-state index contributed by atoms with van der Waals surface area (Å²) in [6.45, 7) is 6.57. The Balaban J connectivity index is 1.31. The fraction of sp³-hybridized carbons (Fsp3) is 0.261. The van der Waals surface area contributed by atoms with Gasteiger partial charge >= 0.3 is 0 Å². The van der Waals surface area contributed by atoms with E-state index in [1.807, 2.05) is 18.5 Å². The minimum absolute atomic E-state index is 0.106. The third kappa shape index (κ3) is 4.92. The third-order valence-electron chi connectivity index (χ3n) is 4.90. The Bertz CT molecular complexity index is 1160. The summed E-state index contributed by atoms with van der Waals surface area (Å²) in [4.78, 5) is 12.4. The molecule has 0 unspecified atom stereocenters. The number of ether oxygens (including phenoxy) is 1. The minimum Gasteiger partial charge on any atom is -0.461 e. The van der Waals surface area contributed by atoms with E-state index < -0.39 is 0 Å². The lowest BCUT2D eigenvalue weighted by Gasteiger charge is -2.08. The first-order valence-electron chi connectivity index (χ1n) is 9.96. The van der Waals surface area contributed by atoms with Crippen molar-refractivity contribution in [3.05, 3.63) is 76.9 Å². The number of rotatable bonds is 8. The monoisotopic (exact) mass is 420 g/mol. The van der Waals surface area contributed by atoms with E-state index in [2.05, 4.69) is 46.8 Å². The fourth-order valence-corrected chi connectivity index (χ4v) is 3.24. The Hall–Kier alpha value is -3.65. The molecule has 8 heteroatoms. The van der Waals surface area contributed by atoms with Gasteiger partial charge in [-0.2, -0.15) is 5.10 Å². The van der Waals surface area contributed by atoms with Crippen molar-refractivity contribution in [3.63, 3.8) is 0 Å². The lowest BCUT2D eigenvalue weighted by atomic mass is 10.1. The molecule has 0 saturated heterocycles. The van der Waals surface area contributed by atoms with Crippen LogP contribution in [0.4, 0.5) is 5.69 Å². The van der Waals surface area contributed by atoms with E-state index in [0.29, 0.717) is 29.4 Å². The molecule has 0 aliphatic rings. The fourth-order valence-electron chi connectivity index (χ4n) is 3.24. The predicted molar refractivity (Wildman–Crippen MR) is 114 cm³/mol. The molecule has 0 aliphatic carbocycles. The zero-order chi connectivity index (χ0) is 21.8. The van der Waals surface area contributed by atoms with E-state index in [0.717, 1.165) is 17.0 Å². The highest BCUT2D eigenvalue weighted by atomic mass is 16.5. The lowest BCUT2D eigenvalue weighted by Crippen LogP contribution is -2.19. The zero-order valence-corrected chi connectivity index (χ0v) is 17.7. The number of carbonyl (C=O) groups is 1. The summed E-state index contributed by atoms with van der Waals surface area (Å²) in [7, 11) is 0. The van der Waals surface area contributed by atoms with Crippen LogP contribution in [0.25, 0.3) is 11.5 Å². The van der Waals surface area contributed by atoms with Gasteiger partial charge in [0.1, 0.15) is 12.3 Å². The standard InChI is InChI=1S/C23H24N4O4/c1-15-6-8-18(9-7-15)12-27-17(3)23(16(2)25-27)24-22(28)14-29-13-19-11-21(31-26-19)20-5-4-10-30-20/h4-11H,12-14H2,1-3H3,(H,24,28). The first kappa shape index (κ1) is 20.6. The number of benzene rings is 1. The molecule has 0 saturated carbocycles. The maximum Gasteiger partial charge on any atom is 0.250 e. The maximum atomic E-state index is 12.4. The summed E-state index contributed by atoms with van der Waals surface area (Å²) in [5.74, 6) is 0.848. The van der Waals surface area contributed by atoms with Crippen LogP contribution in [-0.2, 0) is 22.7 Å². The van der Waals surface area contributed by atoms with Crippen molar-refractivity contribution in [2.75, 3.05) is 11.9 Å². The predicted octanol–water partition coefficient (Wildman–Crippen LogP) is 4.26. The smallest absolute Gasteiger partial charge is 0.250 e. The average molecular weight is 420 g/mol. The van der Waals surface area contributed by atoms with Crippen molar-refractivity contribution < 1.29 is 18.5 Å². The van der Waals surface area contributed by atoms with Crippen molar-refractivity contribution in [1.82, 2.24) is 14.9 Å². The van der Waals surface area contributed by atoms with Crippen molar-refractivity contribution in [2.45, 2.75) is 33.9 Å². The summed E-state index contributed by atoms with van der Waals surface area (Å²) in [6.07, 6.45) is 1.56. The summed E-state index contributed by atoms with van der Waals surface area (Å²) >= 11 is 0. The molecule has 4 rings (SSSR count). The molecule has 3 aromatic heterocycles. The number of amides is 1. The Labute approximate surface area is 179 Å². The van der Waals surface area contributed by atoms with Gasteiger partial charge in [-0.3, -0.25) is 9.48 Å². The van der Waals surface area contributed by atoms with Crippen LogP contribution in [0.5, 0.6) is 0 Å². The Morgan fingerprint density at radius 2 is 1.94 bits per heavy atom. The van der Waals surface area contributed by atoms with Crippen LogP contribution in [0.2, 0.25) is 0 Å². The second kappa shape index (κ2) is 9.01. The molecule has 1 N–H and O–H groups in total. The van der Waals surface area contributed by atoms with Crippen LogP contribution >= 0.6 is 0 Å². The quantitative estimate of drug-likeness (QED) is 0.458. The number of nitrogens with zero attached hydrogens (tertiary/aromatic N) is 3. The molecule has 0 atom stereocenters. The van der Waals surface area contributed by atoms with Gasteiger partial charge in [-0.25, -0.2) is 0 Å². The van der Waals surface area contributed by atoms with Crippen molar-refractivity contribution in [2.24, 2.45) is 0 Å². The molecular weight excluding hydrogens is 396 g/mol. The number of aromatic nitrogens is 3. The van der Waals surface area contributed by atoms with E-state index in [1.54, 1.807) is 24.5 Å². The molecular formula is C23H24N4O4. The van der Waals surface area contributed by atoms with Gasteiger partial charge in [-0.05, 0) is 38.5 Å². The Morgan fingerprint density at radius 1 is 1.13 bits per heavy atom. The zero-order valence-electron chi connectivity index (χ0n) is 17.7. The Kier molecular flexibility index (Phi) is 5.99. The van der Waals surface area contributed by atoms with Gasteiger partial charge in [0.25, 0.3) is 0 Å².